The van der Waals surface area contributed by atoms with E-state index in [1.807, 2.05) is 0 Å². The van der Waals surface area contributed by atoms with Crippen LogP contribution in [0.5, 0.6) is 0 Å². The summed E-state index contributed by atoms with van der Waals surface area (Å²) < 4.78 is 4.86. The maximum Gasteiger partial charge on any atom is 0.421 e. The third-order valence-electron chi connectivity index (χ3n) is 1.91. The van der Waals surface area contributed by atoms with Crippen molar-refractivity contribution < 1.29 is 9.53 Å². The Morgan fingerprint density at radius 2 is 2.00 bits per heavy atom. The first-order chi connectivity index (χ1) is 8.56. The fraction of sp³-hybridized carbons (Fsp3) is 0.182. The van der Waals surface area contributed by atoms with Crippen LogP contribution in [0.4, 0.5) is 10.5 Å². The summed E-state index contributed by atoms with van der Waals surface area (Å²) in [6, 6.07) is 8.53. The van der Waals surface area contributed by atoms with Gasteiger partial charge in [-0.15, -0.1) is 0 Å². The Balaban J connectivity index is 3.07. The van der Waals surface area contributed by atoms with Crippen molar-refractivity contribution in [3.8, 4) is 0 Å². The fourth-order valence-electron chi connectivity index (χ4n) is 1.25. The number of guanidine groups is 2. The lowest BCUT2D eigenvalue weighted by Crippen LogP contribution is -2.38. The van der Waals surface area contributed by atoms with E-state index in [1.165, 1.54) is 0 Å². The van der Waals surface area contributed by atoms with Gasteiger partial charge in [0.15, 0.2) is 5.96 Å². The lowest BCUT2D eigenvalue weighted by molar-refractivity contribution is 0.163. The summed E-state index contributed by atoms with van der Waals surface area (Å²) in [7, 11) is 0. The topological polar surface area (TPSA) is 118 Å². The second-order valence-corrected chi connectivity index (χ2v) is 3.23. The average molecular weight is 249 g/mol. The van der Waals surface area contributed by atoms with Crippen LogP contribution in [0.2, 0.25) is 0 Å². The number of nitrogens with zero attached hydrogens (tertiary/aromatic N) is 2. The maximum atomic E-state index is 11.8. The lowest BCUT2D eigenvalue weighted by atomic mass is 10.3. The molecule has 1 aromatic carbocycles. The number of anilines is 1. The predicted molar refractivity (Wildman–Crippen MR) is 69.5 cm³/mol. The van der Waals surface area contributed by atoms with E-state index in [0.717, 1.165) is 4.90 Å². The van der Waals surface area contributed by atoms with Gasteiger partial charge in [-0.05, 0) is 19.1 Å². The largest absolute Gasteiger partial charge is 0.449 e. The minimum Gasteiger partial charge on any atom is -0.449 e. The molecule has 0 aliphatic heterocycles. The minimum absolute atomic E-state index is 0.192. The van der Waals surface area contributed by atoms with Gasteiger partial charge in [-0.3, -0.25) is 5.41 Å². The van der Waals surface area contributed by atoms with Gasteiger partial charge >= 0.3 is 6.09 Å². The van der Waals surface area contributed by atoms with E-state index in [0.29, 0.717) is 5.69 Å². The smallest absolute Gasteiger partial charge is 0.421 e. The molecule has 0 atom stereocenters. The molecule has 7 heteroatoms. The van der Waals surface area contributed by atoms with Crippen molar-refractivity contribution in [3.05, 3.63) is 30.3 Å². The van der Waals surface area contributed by atoms with Crippen LogP contribution >= 0.6 is 0 Å². The van der Waals surface area contributed by atoms with Gasteiger partial charge in [0.1, 0.15) is 0 Å². The first-order valence-corrected chi connectivity index (χ1v) is 5.26. The van der Waals surface area contributed by atoms with E-state index in [2.05, 4.69) is 4.99 Å². The quantitative estimate of drug-likeness (QED) is 0.532. The zero-order chi connectivity index (χ0) is 13.5. The van der Waals surface area contributed by atoms with Gasteiger partial charge in [0.25, 0.3) is 0 Å². The van der Waals surface area contributed by atoms with Crippen molar-refractivity contribution in [3.63, 3.8) is 0 Å². The molecule has 0 radical (unpaired) electrons. The molecule has 0 aliphatic rings. The fourth-order valence-corrected chi connectivity index (χ4v) is 1.25. The van der Waals surface area contributed by atoms with Crippen LogP contribution in [0, 0.1) is 5.41 Å². The van der Waals surface area contributed by atoms with Crippen LogP contribution < -0.4 is 16.4 Å². The highest BCUT2D eigenvalue weighted by molar-refractivity contribution is 6.15. The standard InChI is InChI=1S/C11H15N5O2/c1-2-18-11(17)16(10(14)15-9(12)13)8-6-4-3-5-7-8/h3-7H,2H2,1H3,(H5,12,13,14,15). The summed E-state index contributed by atoms with van der Waals surface area (Å²) in [5, 5.41) is 7.70. The molecule has 5 N–H and O–H groups in total. The van der Waals surface area contributed by atoms with E-state index in [4.69, 9.17) is 21.6 Å². The number of ether oxygens (including phenoxy) is 1. The summed E-state index contributed by atoms with van der Waals surface area (Å²) in [5.41, 5.74) is 10.8. The van der Waals surface area contributed by atoms with Gasteiger partial charge in [0.05, 0.1) is 12.3 Å². The Hall–Kier alpha value is -2.57. The van der Waals surface area contributed by atoms with Gasteiger partial charge in [-0.1, -0.05) is 18.2 Å². The van der Waals surface area contributed by atoms with Crippen LogP contribution in [0.3, 0.4) is 0 Å². The molecule has 0 bridgehead atoms. The number of nitrogens with one attached hydrogen (secondary N) is 1. The Morgan fingerprint density at radius 1 is 1.39 bits per heavy atom. The van der Waals surface area contributed by atoms with Gasteiger partial charge in [-0.2, -0.15) is 4.99 Å². The first kappa shape index (κ1) is 13.5. The summed E-state index contributed by atoms with van der Waals surface area (Å²) in [4.78, 5) is 16.3. The van der Waals surface area contributed by atoms with Crippen LogP contribution in [0.25, 0.3) is 0 Å². The van der Waals surface area contributed by atoms with Crippen molar-refractivity contribution in [2.45, 2.75) is 6.92 Å². The molecule has 1 rings (SSSR count). The molecule has 7 nitrogen and oxygen atoms in total. The summed E-state index contributed by atoms with van der Waals surface area (Å²) in [6.45, 7) is 1.86. The molecule has 0 aromatic heterocycles. The van der Waals surface area contributed by atoms with Gasteiger partial charge < -0.3 is 16.2 Å². The van der Waals surface area contributed by atoms with E-state index < -0.39 is 12.1 Å². The van der Waals surface area contributed by atoms with Crippen LogP contribution in [0.1, 0.15) is 6.92 Å². The van der Waals surface area contributed by atoms with Gasteiger partial charge in [0, 0.05) is 0 Å². The zero-order valence-corrected chi connectivity index (χ0v) is 9.96. The van der Waals surface area contributed by atoms with Crippen LogP contribution in [-0.4, -0.2) is 24.6 Å². The molecule has 0 fully saturated rings. The third kappa shape index (κ3) is 3.48. The Morgan fingerprint density at radius 3 is 2.50 bits per heavy atom. The van der Waals surface area contributed by atoms with Crippen molar-refractivity contribution in [1.29, 1.82) is 5.41 Å². The van der Waals surface area contributed by atoms with E-state index in [-0.39, 0.29) is 12.6 Å². The average Bonchev–Trinajstić information content (AvgIpc) is 2.30. The number of carbonyl (C=O) groups is 1. The highest BCUT2D eigenvalue weighted by Crippen LogP contribution is 2.15. The predicted octanol–water partition coefficient (Wildman–Crippen LogP) is 0.858. The van der Waals surface area contributed by atoms with Crippen molar-refractivity contribution in [2.24, 2.45) is 16.5 Å². The molecule has 0 aliphatic carbocycles. The third-order valence-corrected chi connectivity index (χ3v) is 1.91. The lowest BCUT2D eigenvalue weighted by Gasteiger charge is -2.19. The molecular weight excluding hydrogens is 234 g/mol. The molecule has 0 saturated carbocycles. The number of para-hydroxylation sites is 1. The summed E-state index contributed by atoms with van der Waals surface area (Å²) in [5.74, 6) is -0.704. The molecular formula is C11H15N5O2. The van der Waals surface area contributed by atoms with E-state index >= 15 is 0 Å². The normalized spacial score (nSPS) is 9.39. The number of rotatable bonds is 2. The number of hydrogen-bond donors (Lipinski definition) is 3. The molecule has 96 valence electrons. The molecule has 0 saturated heterocycles. The maximum absolute atomic E-state index is 11.8. The number of nitrogens with two attached hydrogens (primary N) is 2. The molecule has 0 spiro atoms. The number of hydrogen-bond acceptors (Lipinski definition) is 3. The van der Waals surface area contributed by atoms with Crippen LogP contribution in [-0.2, 0) is 4.74 Å². The second kappa shape index (κ2) is 6.24. The van der Waals surface area contributed by atoms with E-state index in [9.17, 15) is 4.79 Å². The molecule has 0 heterocycles. The highest BCUT2D eigenvalue weighted by atomic mass is 16.6. The van der Waals surface area contributed by atoms with E-state index in [1.54, 1.807) is 37.3 Å². The zero-order valence-electron chi connectivity index (χ0n) is 9.96. The molecule has 0 unspecified atom stereocenters. The van der Waals surface area contributed by atoms with Crippen molar-refractivity contribution in [2.75, 3.05) is 11.5 Å². The Labute approximate surface area is 105 Å². The monoisotopic (exact) mass is 249 g/mol. The van der Waals surface area contributed by atoms with Crippen molar-refractivity contribution >= 4 is 23.7 Å². The molecule has 1 aromatic rings. The van der Waals surface area contributed by atoms with Gasteiger partial charge in [-0.25, -0.2) is 9.69 Å². The number of aliphatic imine (C=N–C) groups is 1. The second-order valence-electron chi connectivity index (χ2n) is 3.23. The number of amides is 1. The first-order valence-electron chi connectivity index (χ1n) is 5.26. The molecule has 18 heavy (non-hydrogen) atoms. The Kier molecular flexibility index (Phi) is 4.67. The van der Waals surface area contributed by atoms with Crippen molar-refractivity contribution in [1.82, 2.24) is 0 Å². The number of benzene rings is 1. The Bertz CT molecular complexity index is 454. The molecule has 1 amide bonds. The SMILES string of the molecule is CCOC(=O)N(C(=N)N=C(N)N)c1ccccc1. The minimum atomic E-state index is -0.710. The van der Waals surface area contributed by atoms with Gasteiger partial charge in [0.2, 0.25) is 5.96 Å². The highest BCUT2D eigenvalue weighted by Gasteiger charge is 2.21. The number of carbonyl (C=O) groups excluding carboxylic acids is 1. The van der Waals surface area contributed by atoms with Crippen LogP contribution in [0.15, 0.2) is 35.3 Å². The summed E-state index contributed by atoms with van der Waals surface area (Å²) in [6.07, 6.45) is -0.710. The summed E-state index contributed by atoms with van der Waals surface area (Å²) >= 11 is 0.